The highest BCUT2D eigenvalue weighted by Gasteiger charge is 2.29. The van der Waals surface area contributed by atoms with E-state index in [-0.39, 0.29) is 17.9 Å². The van der Waals surface area contributed by atoms with Crippen LogP contribution in [0.2, 0.25) is 0 Å². The second-order valence-corrected chi connectivity index (χ2v) is 6.47. The number of hydrogen-bond donors (Lipinski definition) is 1. The highest BCUT2D eigenvalue weighted by Crippen LogP contribution is 2.30. The van der Waals surface area contributed by atoms with Crippen molar-refractivity contribution in [3.8, 4) is 0 Å². The Morgan fingerprint density at radius 1 is 1.28 bits per heavy atom. The fraction of sp³-hybridized carbons (Fsp3) is 0.647. The van der Waals surface area contributed by atoms with E-state index in [1.165, 1.54) is 0 Å². The van der Waals surface area contributed by atoms with Crippen LogP contribution in [0.4, 0.5) is 0 Å². The number of amides is 2. The Hall–Kier alpha value is -2.06. The van der Waals surface area contributed by atoms with Gasteiger partial charge in [-0.1, -0.05) is 0 Å². The summed E-state index contributed by atoms with van der Waals surface area (Å²) >= 11 is 0. The molecule has 3 heterocycles. The van der Waals surface area contributed by atoms with E-state index in [2.05, 4.69) is 20.2 Å². The molecular formula is C17H25N5O3. The lowest BCUT2D eigenvalue weighted by Gasteiger charge is -2.25. The van der Waals surface area contributed by atoms with Gasteiger partial charge in [-0.05, 0) is 12.8 Å². The molecule has 1 atom stereocenters. The van der Waals surface area contributed by atoms with Gasteiger partial charge in [-0.15, -0.1) is 0 Å². The summed E-state index contributed by atoms with van der Waals surface area (Å²) in [4.78, 5) is 36.5. The maximum Gasteiger partial charge on any atom is 0.234 e. The van der Waals surface area contributed by atoms with Crippen molar-refractivity contribution >= 4 is 11.8 Å². The number of likely N-dealkylation sites (tertiary alicyclic amines) is 1. The number of ether oxygens (including phenoxy) is 1. The second kappa shape index (κ2) is 8.35. The SMILES string of the molecule is CC(=O)N1CCC[C@H]1c1cncc(CNC(=O)CN2CCOCC2)n1. The monoisotopic (exact) mass is 347 g/mol. The van der Waals surface area contributed by atoms with Crippen LogP contribution in [0.25, 0.3) is 0 Å². The quantitative estimate of drug-likeness (QED) is 0.813. The van der Waals surface area contributed by atoms with Crippen molar-refractivity contribution in [3.05, 3.63) is 23.8 Å². The first-order chi connectivity index (χ1) is 12.1. The van der Waals surface area contributed by atoms with Crippen LogP contribution in [0.3, 0.4) is 0 Å². The molecule has 0 aliphatic carbocycles. The molecule has 3 rings (SSSR count). The molecular weight excluding hydrogens is 322 g/mol. The Morgan fingerprint density at radius 2 is 2.08 bits per heavy atom. The minimum Gasteiger partial charge on any atom is -0.379 e. The van der Waals surface area contributed by atoms with E-state index in [1.54, 1.807) is 19.3 Å². The zero-order valence-electron chi connectivity index (χ0n) is 14.6. The molecule has 2 aliphatic heterocycles. The molecule has 2 aliphatic rings. The number of carbonyl (C=O) groups excluding carboxylic acids is 2. The number of carbonyl (C=O) groups is 2. The van der Waals surface area contributed by atoms with Gasteiger partial charge in [0.15, 0.2) is 0 Å². The zero-order chi connectivity index (χ0) is 17.6. The lowest BCUT2D eigenvalue weighted by Crippen LogP contribution is -2.43. The molecule has 2 fully saturated rings. The average molecular weight is 347 g/mol. The predicted octanol–water partition coefficient (Wildman–Crippen LogP) is 0.108. The Labute approximate surface area is 147 Å². The van der Waals surface area contributed by atoms with Crippen LogP contribution in [-0.2, 0) is 20.9 Å². The maximum absolute atomic E-state index is 12.1. The van der Waals surface area contributed by atoms with Crippen LogP contribution in [0.5, 0.6) is 0 Å². The van der Waals surface area contributed by atoms with Crippen molar-refractivity contribution < 1.29 is 14.3 Å². The number of nitrogens with zero attached hydrogens (tertiary/aromatic N) is 4. The Balaban J connectivity index is 1.54. The lowest BCUT2D eigenvalue weighted by molar-refractivity contribution is -0.129. The van der Waals surface area contributed by atoms with Gasteiger partial charge in [0.05, 0.1) is 56.1 Å². The summed E-state index contributed by atoms with van der Waals surface area (Å²) in [7, 11) is 0. The first-order valence-corrected chi connectivity index (χ1v) is 8.78. The second-order valence-electron chi connectivity index (χ2n) is 6.47. The van der Waals surface area contributed by atoms with Crippen LogP contribution in [-0.4, -0.2) is 71.0 Å². The molecule has 1 aromatic rings. The summed E-state index contributed by atoms with van der Waals surface area (Å²) < 4.78 is 5.28. The third-order valence-corrected chi connectivity index (χ3v) is 4.64. The van der Waals surface area contributed by atoms with Gasteiger partial charge in [0.2, 0.25) is 11.8 Å². The van der Waals surface area contributed by atoms with Gasteiger partial charge in [0, 0.05) is 26.6 Å². The Morgan fingerprint density at radius 3 is 2.84 bits per heavy atom. The average Bonchev–Trinajstić information content (AvgIpc) is 3.11. The van der Waals surface area contributed by atoms with Gasteiger partial charge in [-0.3, -0.25) is 24.5 Å². The summed E-state index contributed by atoms with van der Waals surface area (Å²) in [5.41, 5.74) is 1.51. The van der Waals surface area contributed by atoms with Crippen molar-refractivity contribution in [1.82, 2.24) is 25.1 Å². The van der Waals surface area contributed by atoms with Gasteiger partial charge >= 0.3 is 0 Å². The standard InChI is InChI=1S/C17H25N5O3/c1-13(23)22-4-2-3-16(22)15-11-18-9-14(20-15)10-19-17(24)12-21-5-7-25-8-6-21/h9,11,16H,2-8,10,12H2,1H3,(H,19,24)/t16-/m0/s1. The predicted molar refractivity (Wildman–Crippen MR) is 90.5 cm³/mol. The van der Waals surface area contributed by atoms with Gasteiger partial charge in [-0.2, -0.15) is 0 Å². The first kappa shape index (κ1) is 17.8. The Bertz CT molecular complexity index is 618. The molecule has 25 heavy (non-hydrogen) atoms. The zero-order valence-corrected chi connectivity index (χ0v) is 14.6. The summed E-state index contributed by atoms with van der Waals surface area (Å²) in [6.07, 6.45) is 5.25. The van der Waals surface area contributed by atoms with E-state index in [0.29, 0.717) is 32.0 Å². The van der Waals surface area contributed by atoms with Gasteiger partial charge in [0.25, 0.3) is 0 Å². The van der Waals surface area contributed by atoms with E-state index in [4.69, 9.17) is 4.74 Å². The third-order valence-electron chi connectivity index (χ3n) is 4.64. The molecule has 2 amide bonds. The summed E-state index contributed by atoms with van der Waals surface area (Å²) in [6, 6.07) is -0.00555. The minimum atomic E-state index is -0.0275. The van der Waals surface area contributed by atoms with E-state index in [9.17, 15) is 9.59 Å². The molecule has 0 bridgehead atoms. The van der Waals surface area contributed by atoms with Crippen molar-refractivity contribution in [3.63, 3.8) is 0 Å². The molecule has 0 spiro atoms. The Kier molecular flexibility index (Phi) is 5.93. The van der Waals surface area contributed by atoms with Crippen molar-refractivity contribution in [2.24, 2.45) is 0 Å². The van der Waals surface area contributed by atoms with Crippen LogP contribution in [0, 0.1) is 0 Å². The van der Waals surface area contributed by atoms with Crippen LogP contribution < -0.4 is 5.32 Å². The highest BCUT2D eigenvalue weighted by molar-refractivity contribution is 5.78. The van der Waals surface area contributed by atoms with Crippen molar-refractivity contribution in [1.29, 1.82) is 0 Å². The van der Waals surface area contributed by atoms with Gasteiger partial charge in [0.1, 0.15) is 0 Å². The van der Waals surface area contributed by atoms with Crippen molar-refractivity contribution in [2.45, 2.75) is 32.4 Å². The maximum atomic E-state index is 12.1. The first-order valence-electron chi connectivity index (χ1n) is 8.78. The number of nitrogens with one attached hydrogen (secondary N) is 1. The summed E-state index contributed by atoms with van der Waals surface area (Å²) in [5, 5.41) is 2.89. The van der Waals surface area contributed by atoms with E-state index < -0.39 is 0 Å². The molecule has 8 heteroatoms. The molecule has 0 aromatic carbocycles. The fourth-order valence-electron chi connectivity index (χ4n) is 3.33. The molecule has 0 radical (unpaired) electrons. The molecule has 0 saturated carbocycles. The van der Waals surface area contributed by atoms with Crippen LogP contribution in [0.15, 0.2) is 12.4 Å². The molecule has 1 aromatic heterocycles. The minimum absolute atomic E-state index is 0.00555. The number of hydrogen-bond acceptors (Lipinski definition) is 6. The highest BCUT2D eigenvalue weighted by atomic mass is 16.5. The normalized spacial score (nSPS) is 21.3. The number of rotatable bonds is 5. The molecule has 1 N–H and O–H groups in total. The van der Waals surface area contributed by atoms with Crippen LogP contribution >= 0.6 is 0 Å². The fourth-order valence-corrected chi connectivity index (χ4v) is 3.33. The topological polar surface area (TPSA) is 87.7 Å². The van der Waals surface area contributed by atoms with Crippen molar-refractivity contribution in [2.75, 3.05) is 39.4 Å². The van der Waals surface area contributed by atoms with Gasteiger partial charge in [-0.25, -0.2) is 0 Å². The van der Waals surface area contributed by atoms with Gasteiger partial charge < -0.3 is 15.0 Å². The number of aromatic nitrogens is 2. The van der Waals surface area contributed by atoms with E-state index in [1.807, 2.05) is 4.90 Å². The van der Waals surface area contributed by atoms with Crippen LogP contribution in [0.1, 0.15) is 37.2 Å². The smallest absolute Gasteiger partial charge is 0.234 e. The summed E-state index contributed by atoms with van der Waals surface area (Å²) in [5.74, 6) is 0.0360. The number of morpholine rings is 1. The lowest BCUT2D eigenvalue weighted by atomic mass is 10.1. The van der Waals surface area contributed by atoms with E-state index in [0.717, 1.165) is 38.2 Å². The molecule has 8 nitrogen and oxygen atoms in total. The molecule has 136 valence electrons. The summed E-state index contributed by atoms with van der Waals surface area (Å²) in [6.45, 7) is 5.98. The molecule has 2 saturated heterocycles. The molecule has 0 unspecified atom stereocenters. The third kappa shape index (κ3) is 4.73. The largest absolute Gasteiger partial charge is 0.379 e. The van der Waals surface area contributed by atoms with E-state index >= 15 is 0 Å².